The number of hydrogen-bond donors (Lipinski definition) is 1. The number of halogens is 2. The summed E-state index contributed by atoms with van der Waals surface area (Å²) < 4.78 is 14.8. The maximum absolute atomic E-state index is 13.5. The van der Waals surface area contributed by atoms with Crippen LogP contribution in [0, 0.1) is 5.82 Å². The summed E-state index contributed by atoms with van der Waals surface area (Å²) >= 11 is 5.92. The van der Waals surface area contributed by atoms with Gasteiger partial charge in [-0.2, -0.15) is 0 Å². The van der Waals surface area contributed by atoms with Crippen LogP contribution in [0.1, 0.15) is 18.7 Å². The van der Waals surface area contributed by atoms with Gasteiger partial charge in [0.1, 0.15) is 11.5 Å². The number of aliphatic hydroxyl groups excluding tert-OH is 1. The van der Waals surface area contributed by atoms with E-state index >= 15 is 0 Å². The van der Waals surface area contributed by atoms with E-state index in [4.69, 9.17) is 11.6 Å². The summed E-state index contributed by atoms with van der Waals surface area (Å²) in [6.07, 6.45) is 0.479. The van der Waals surface area contributed by atoms with Crippen LogP contribution in [0.4, 0.5) is 4.39 Å². The number of rotatable bonds is 2. The Bertz CT molecular complexity index is 922. The molecule has 0 saturated heterocycles. The van der Waals surface area contributed by atoms with Crippen molar-refractivity contribution in [3.63, 3.8) is 0 Å². The molecule has 0 spiro atoms. The third-order valence-corrected chi connectivity index (χ3v) is 3.55. The Morgan fingerprint density at radius 1 is 1.32 bits per heavy atom. The Hall–Kier alpha value is -2.24. The lowest BCUT2D eigenvalue weighted by Gasteiger charge is -2.13. The standard InChI is InChI=1S/C16H12ClFN2O2/c1-9(21)15-14(10-3-2-4-12(18)7-10)16(22)20-8-11(17)5-6-13(20)19-15/h2-9,21H,1H3. The van der Waals surface area contributed by atoms with Crippen molar-refractivity contribution in [2.45, 2.75) is 13.0 Å². The Morgan fingerprint density at radius 2 is 2.09 bits per heavy atom. The summed E-state index contributed by atoms with van der Waals surface area (Å²) in [4.78, 5) is 17.1. The molecule has 1 unspecified atom stereocenters. The number of aromatic nitrogens is 2. The van der Waals surface area contributed by atoms with E-state index in [1.807, 2.05) is 0 Å². The molecule has 6 heteroatoms. The van der Waals surface area contributed by atoms with E-state index in [0.29, 0.717) is 16.2 Å². The van der Waals surface area contributed by atoms with Crippen LogP contribution in [0.3, 0.4) is 0 Å². The first kappa shape index (κ1) is 14.7. The molecule has 0 aliphatic rings. The van der Waals surface area contributed by atoms with Crippen LogP contribution in [-0.2, 0) is 0 Å². The molecule has 0 aliphatic carbocycles. The summed E-state index contributed by atoms with van der Waals surface area (Å²) in [6, 6.07) is 8.82. The van der Waals surface area contributed by atoms with Crippen molar-refractivity contribution in [2.24, 2.45) is 0 Å². The third kappa shape index (κ3) is 2.49. The first-order valence-corrected chi connectivity index (χ1v) is 7.01. The van der Waals surface area contributed by atoms with Gasteiger partial charge in [-0.05, 0) is 36.8 Å². The van der Waals surface area contributed by atoms with E-state index < -0.39 is 17.5 Å². The number of benzene rings is 1. The van der Waals surface area contributed by atoms with Crippen molar-refractivity contribution < 1.29 is 9.50 Å². The molecule has 22 heavy (non-hydrogen) atoms. The van der Waals surface area contributed by atoms with Crippen molar-refractivity contribution in [3.8, 4) is 11.1 Å². The van der Waals surface area contributed by atoms with Crippen molar-refractivity contribution in [1.29, 1.82) is 0 Å². The Labute approximate surface area is 130 Å². The molecule has 112 valence electrons. The second-order valence-electron chi connectivity index (χ2n) is 4.94. The molecule has 0 amide bonds. The van der Waals surface area contributed by atoms with Gasteiger partial charge < -0.3 is 5.11 Å². The molecule has 0 saturated carbocycles. The zero-order valence-electron chi connectivity index (χ0n) is 11.6. The van der Waals surface area contributed by atoms with E-state index in [9.17, 15) is 14.3 Å². The zero-order chi connectivity index (χ0) is 15.9. The zero-order valence-corrected chi connectivity index (χ0v) is 12.4. The van der Waals surface area contributed by atoms with Gasteiger partial charge in [0, 0.05) is 6.20 Å². The molecule has 2 heterocycles. The van der Waals surface area contributed by atoms with Crippen LogP contribution in [-0.4, -0.2) is 14.5 Å². The highest BCUT2D eigenvalue weighted by Gasteiger charge is 2.18. The maximum atomic E-state index is 13.5. The Morgan fingerprint density at radius 3 is 2.77 bits per heavy atom. The molecule has 4 nitrogen and oxygen atoms in total. The third-order valence-electron chi connectivity index (χ3n) is 3.32. The number of nitrogens with zero attached hydrogens (tertiary/aromatic N) is 2. The molecule has 3 aromatic rings. The van der Waals surface area contributed by atoms with Gasteiger partial charge in [0.15, 0.2) is 0 Å². The summed E-state index contributed by atoms with van der Waals surface area (Å²) in [5.74, 6) is -0.468. The molecule has 1 N–H and O–H groups in total. The monoisotopic (exact) mass is 318 g/mol. The van der Waals surface area contributed by atoms with Gasteiger partial charge >= 0.3 is 0 Å². The lowest BCUT2D eigenvalue weighted by Crippen LogP contribution is -2.21. The molecular formula is C16H12ClFN2O2. The molecule has 0 fully saturated rings. The van der Waals surface area contributed by atoms with Gasteiger partial charge in [0.05, 0.1) is 22.4 Å². The number of aliphatic hydroxyl groups is 1. The maximum Gasteiger partial charge on any atom is 0.266 e. The molecule has 0 aliphatic heterocycles. The van der Waals surface area contributed by atoms with Gasteiger partial charge in [0.2, 0.25) is 0 Å². The summed E-state index contributed by atoms with van der Waals surface area (Å²) in [5.41, 5.74) is 0.689. The van der Waals surface area contributed by atoms with Crippen molar-refractivity contribution in [2.75, 3.05) is 0 Å². The molecule has 2 aromatic heterocycles. The van der Waals surface area contributed by atoms with E-state index in [2.05, 4.69) is 4.98 Å². The van der Waals surface area contributed by atoms with E-state index in [-0.39, 0.29) is 11.3 Å². The minimum absolute atomic E-state index is 0.161. The lowest BCUT2D eigenvalue weighted by molar-refractivity contribution is 0.195. The summed E-state index contributed by atoms with van der Waals surface area (Å²) in [5, 5.41) is 10.3. The van der Waals surface area contributed by atoms with Crippen molar-refractivity contribution >= 4 is 17.2 Å². The largest absolute Gasteiger partial charge is 0.387 e. The van der Waals surface area contributed by atoms with Gasteiger partial charge in [-0.25, -0.2) is 9.37 Å². The van der Waals surface area contributed by atoms with Crippen molar-refractivity contribution in [3.05, 3.63) is 69.5 Å². The highest BCUT2D eigenvalue weighted by Crippen LogP contribution is 2.25. The van der Waals surface area contributed by atoms with E-state index in [1.54, 1.807) is 18.2 Å². The average molecular weight is 319 g/mol. The SMILES string of the molecule is CC(O)c1nc2ccc(Cl)cn2c(=O)c1-c1cccc(F)c1. The van der Waals surface area contributed by atoms with E-state index in [1.165, 1.54) is 35.7 Å². The fourth-order valence-corrected chi connectivity index (χ4v) is 2.51. The van der Waals surface area contributed by atoms with Gasteiger partial charge in [-0.15, -0.1) is 0 Å². The van der Waals surface area contributed by atoms with Gasteiger partial charge in [-0.3, -0.25) is 9.20 Å². The predicted molar refractivity (Wildman–Crippen MR) is 82.5 cm³/mol. The Kier molecular flexibility index (Phi) is 3.68. The molecule has 0 bridgehead atoms. The number of hydrogen-bond acceptors (Lipinski definition) is 3. The van der Waals surface area contributed by atoms with Crippen LogP contribution >= 0.6 is 11.6 Å². The lowest BCUT2D eigenvalue weighted by atomic mass is 10.0. The molecule has 3 rings (SSSR count). The first-order chi connectivity index (χ1) is 10.5. The van der Waals surface area contributed by atoms with Gasteiger partial charge in [-0.1, -0.05) is 23.7 Å². The highest BCUT2D eigenvalue weighted by atomic mass is 35.5. The van der Waals surface area contributed by atoms with Crippen LogP contribution in [0.25, 0.3) is 16.8 Å². The predicted octanol–water partition coefficient (Wildman–Crippen LogP) is 3.21. The van der Waals surface area contributed by atoms with Crippen LogP contribution in [0.5, 0.6) is 0 Å². The van der Waals surface area contributed by atoms with Crippen LogP contribution < -0.4 is 5.56 Å². The number of fused-ring (bicyclic) bond motifs is 1. The first-order valence-electron chi connectivity index (χ1n) is 6.63. The normalized spacial score (nSPS) is 12.5. The molecule has 1 atom stereocenters. The fourth-order valence-electron chi connectivity index (χ4n) is 2.35. The van der Waals surface area contributed by atoms with Crippen molar-refractivity contribution in [1.82, 2.24) is 9.38 Å². The Balaban J connectivity index is 2.43. The van der Waals surface area contributed by atoms with Gasteiger partial charge in [0.25, 0.3) is 5.56 Å². The van der Waals surface area contributed by atoms with Crippen LogP contribution in [0.15, 0.2) is 47.4 Å². The van der Waals surface area contributed by atoms with E-state index in [0.717, 1.165) is 0 Å². The smallest absolute Gasteiger partial charge is 0.266 e. The molecule has 1 aromatic carbocycles. The summed E-state index contributed by atoms with van der Waals surface area (Å²) in [6.45, 7) is 1.51. The minimum Gasteiger partial charge on any atom is -0.387 e. The topological polar surface area (TPSA) is 54.6 Å². The number of pyridine rings is 1. The average Bonchev–Trinajstić information content (AvgIpc) is 2.47. The van der Waals surface area contributed by atoms with Crippen LogP contribution in [0.2, 0.25) is 5.02 Å². The fraction of sp³-hybridized carbons (Fsp3) is 0.125. The summed E-state index contributed by atoms with van der Waals surface area (Å²) in [7, 11) is 0. The second kappa shape index (κ2) is 5.51. The highest BCUT2D eigenvalue weighted by molar-refractivity contribution is 6.30. The molecule has 0 radical (unpaired) electrons. The quantitative estimate of drug-likeness (QED) is 0.789. The molecular weight excluding hydrogens is 307 g/mol. The minimum atomic E-state index is -0.966. The second-order valence-corrected chi connectivity index (χ2v) is 5.38.